The van der Waals surface area contributed by atoms with E-state index in [2.05, 4.69) is 26.2 Å². The van der Waals surface area contributed by atoms with E-state index in [4.69, 9.17) is 5.11 Å². The molecule has 0 aliphatic carbocycles. The summed E-state index contributed by atoms with van der Waals surface area (Å²) in [4.78, 5) is 26.2. The number of nitrogens with zero attached hydrogens (tertiary/aromatic N) is 1. The maximum Gasteiger partial charge on any atom is 0.309 e. The van der Waals surface area contributed by atoms with Gasteiger partial charge in [-0.2, -0.15) is 0 Å². The number of aromatic nitrogens is 1. The zero-order valence-electron chi connectivity index (χ0n) is 10.2. The number of anilines is 1. The lowest BCUT2D eigenvalue weighted by Crippen LogP contribution is -2.16. The van der Waals surface area contributed by atoms with Crippen LogP contribution in [0.1, 0.15) is 16.1 Å². The van der Waals surface area contributed by atoms with Gasteiger partial charge in [-0.25, -0.2) is 13.8 Å². The fourth-order valence-corrected chi connectivity index (χ4v) is 2.63. The van der Waals surface area contributed by atoms with E-state index >= 15 is 0 Å². The van der Waals surface area contributed by atoms with Crippen molar-refractivity contribution in [2.45, 2.75) is 6.42 Å². The average Bonchev–Trinajstić information content (AvgIpc) is 2.73. The summed E-state index contributed by atoms with van der Waals surface area (Å²) in [7, 11) is 0. The summed E-state index contributed by atoms with van der Waals surface area (Å²) in [6, 6.07) is 1.94. The number of carboxylic acids is 1. The maximum atomic E-state index is 13.6. The largest absolute Gasteiger partial charge is 0.481 e. The molecule has 2 N–H and O–H groups in total. The second-order valence-electron chi connectivity index (χ2n) is 3.91. The minimum Gasteiger partial charge on any atom is -0.481 e. The Bertz CT molecular complexity index is 697. The summed E-state index contributed by atoms with van der Waals surface area (Å²) in [6.45, 7) is 0. The molecular formula is C12H7BrF2N2O3S. The quantitative estimate of drug-likeness (QED) is 0.859. The number of benzene rings is 1. The van der Waals surface area contributed by atoms with Crippen molar-refractivity contribution in [1.29, 1.82) is 0 Å². The summed E-state index contributed by atoms with van der Waals surface area (Å²) < 4.78 is 27.4. The van der Waals surface area contributed by atoms with Gasteiger partial charge in [0.1, 0.15) is 17.2 Å². The van der Waals surface area contributed by atoms with Crippen LogP contribution in [0.3, 0.4) is 0 Å². The van der Waals surface area contributed by atoms with E-state index in [0.717, 1.165) is 23.5 Å². The van der Waals surface area contributed by atoms with Gasteiger partial charge in [-0.05, 0) is 12.1 Å². The van der Waals surface area contributed by atoms with Crippen LogP contribution in [0.2, 0.25) is 0 Å². The third-order valence-electron chi connectivity index (χ3n) is 2.34. The summed E-state index contributed by atoms with van der Waals surface area (Å²) in [5.41, 5.74) is -0.479. The molecule has 0 spiro atoms. The lowest BCUT2D eigenvalue weighted by molar-refractivity contribution is -0.136. The molecule has 0 saturated carbocycles. The molecular weight excluding hydrogens is 370 g/mol. The highest BCUT2D eigenvalue weighted by Crippen LogP contribution is 2.22. The zero-order valence-corrected chi connectivity index (χ0v) is 12.6. The SMILES string of the molecule is O=C(O)Cc1csc(NC(=O)c2c(F)cc(Br)cc2F)n1. The molecule has 1 amide bonds. The summed E-state index contributed by atoms with van der Waals surface area (Å²) in [5, 5.41) is 12.4. The van der Waals surface area contributed by atoms with Crippen LogP contribution < -0.4 is 5.32 Å². The number of aliphatic carboxylic acids is 1. The molecule has 0 atom stereocenters. The minimum atomic E-state index is -1.07. The Labute approximate surface area is 129 Å². The number of carbonyl (C=O) groups excluding carboxylic acids is 1. The van der Waals surface area contributed by atoms with Crippen molar-refractivity contribution in [1.82, 2.24) is 4.98 Å². The number of halogens is 3. The van der Waals surface area contributed by atoms with Gasteiger partial charge in [0.05, 0.1) is 12.1 Å². The number of hydrogen-bond donors (Lipinski definition) is 2. The highest BCUT2D eigenvalue weighted by molar-refractivity contribution is 9.10. The summed E-state index contributed by atoms with van der Waals surface area (Å²) in [5.74, 6) is -4.08. The lowest BCUT2D eigenvalue weighted by atomic mass is 10.2. The van der Waals surface area contributed by atoms with E-state index < -0.39 is 29.1 Å². The van der Waals surface area contributed by atoms with Gasteiger partial charge in [-0.1, -0.05) is 15.9 Å². The van der Waals surface area contributed by atoms with Crippen molar-refractivity contribution in [3.05, 3.63) is 44.9 Å². The van der Waals surface area contributed by atoms with Gasteiger partial charge in [-0.15, -0.1) is 11.3 Å². The number of thiazole rings is 1. The van der Waals surface area contributed by atoms with Crippen LogP contribution in [0.4, 0.5) is 13.9 Å². The highest BCUT2D eigenvalue weighted by Gasteiger charge is 2.19. The molecule has 0 bridgehead atoms. The molecule has 1 heterocycles. The first kappa shape index (κ1) is 15.5. The number of rotatable bonds is 4. The van der Waals surface area contributed by atoms with E-state index in [9.17, 15) is 18.4 Å². The van der Waals surface area contributed by atoms with Crippen molar-refractivity contribution in [2.24, 2.45) is 0 Å². The van der Waals surface area contributed by atoms with Crippen LogP contribution in [0.25, 0.3) is 0 Å². The number of amides is 1. The number of carboxylic acid groups (broad SMARTS) is 1. The van der Waals surface area contributed by atoms with Gasteiger partial charge < -0.3 is 5.11 Å². The first-order valence-electron chi connectivity index (χ1n) is 5.49. The van der Waals surface area contributed by atoms with Gasteiger partial charge in [0.25, 0.3) is 5.91 Å². The third kappa shape index (κ3) is 3.82. The van der Waals surface area contributed by atoms with Crippen molar-refractivity contribution in [2.75, 3.05) is 5.32 Å². The molecule has 21 heavy (non-hydrogen) atoms. The molecule has 0 aliphatic rings. The van der Waals surface area contributed by atoms with E-state index in [-0.39, 0.29) is 21.7 Å². The van der Waals surface area contributed by atoms with E-state index in [1.165, 1.54) is 5.38 Å². The first-order chi connectivity index (χ1) is 9.86. The molecule has 0 fully saturated rings. The second kappa shape index (κ2) is 6.27. The van der Waals surface area contributed by atoms with Crippen LogP contribution in [0.15, 0.2) is 22.0 Å². The standard InChI is InChI=1S/C12H7BrF2N2O3S/c13-5-1-7(14)10(8(15)2-5)11(20)17-12-16-6(4-21-12)3-9(18)19/h1-2,4H,3H2,(H,18,19)(H,16,17,20). The molecule has 2 rings (SSSR count). The summed E-state index contributed by atoms with van der Waals surface area (Å²) >= 11 is 3.88. The fourth-order valence-electron chi connectivity index (χ4n) is 1.52. The van der Waals surface area contributed by atoms with Crippen LogP contribution in [0.5, 0.6) is 0 Å². The average molecular weight is 377 g/mol. The molecule has 0 unspecified atom stereocenters. The van der Waals surface area contributed by atoms with Crippen LogP contribution in [-0.2, 0) is 11.2 Å². The topological polar surface area (TPSA) is 79.3 Å². The fraction of sp³-hybridized carbons (Fsp3) is 0.0833. The normalized spacial score (nSPS) is 10.4. The maximum absolute atomic E-state index is 13.6. The van der Waals surface area contributed by atoms with Gasteiger partial charge in [0.15, 0.2) is 5.13 Å². The van der Waals surface area contributed by atoms with E-state index in [1.54, 1.807) is 0 Å². The third-order valence-corrected chi connectivity index (χ3v) is 3.60. The molecule has 110 valence electrons. The molecule has 9 heteroatoms. The first-order valence-corrected chi connectivity index (χ1v) is 7.16. The highest BCUT2D eigenvalue weighted by atomic mass is 79.9. The second-order valence-corrected chi connectivity index (χ2v) is 5.69. The van der Waals surface area contributed by atoms with Gasteiger partial charge in [0, 0.05) is 9.85 Å². The van der Waals surface area contributed by atoms with Crippen LogP contribution in [0, 0.1) is 11.6 Å². The van der Waals surface area contributed by atoms with Crippen molar-refractivity contribution >= 4 is 44.3 Å². The Morgan fingerprint density at radius 2 is 1.95 bits per heavy atom. The van der Waals surface area contributed by atoms with Crippen molar-refractivity contribution < 1.29 is 23.5 Å². The molecule has 5 nitrogen and oxygen atoms in total. The molecule has 2 aromatic rings. The number of carbonyl (C=O) groups is 2. The monoisotopic (exact) mass is 376 g/mol. The molecule has 0 saturated heterocycles. The lowest BCUT2D eigenvalue weighted by Gasteiger charge is -2.05. The Morgan fingerprint density at radius 1 is 1.33 bits per heavy atom. The molecule has 0 aliphatic heterocycles. The molecule has 0 radical (unpaired) electrons. The number of nitrogens with one attached hydrogen (secondary N) is 1. The molecule has 1 aromatic heterocycles. The van der Waals surface area contributed by atoms with Gasteiger partial charge >= 0.3 is 5.97 Å². The minimum absolute atomic E-state index is 0.0676. The summed E-state index contributed by atoms with van der Waals surface area (Å²) in [6.07, 6.45) is -0.298. The Kier molecular flexibility index (Phi) is 4.63. The van der Waals surface area contributed by atoms with Gasteiger partial charge in [0.2, 0.25) is 0 Å². The predicted molar refractivity (Wildman–Crippen MR) is 75.5 cm³/mol. The molecule has 1 aromatic carbocycles. The van der Waals surface area contributed by atoms with Crippen molar-refractivity contribution in [3.8, 4) is 0 Å². The van der Waals surface area contributed by atoms with Crippen LogP contribution >= 0.6 is 27.3 Å². The smallest absolute Gasteiger partial charge is 0.309 e. The number of hydrogen-bond acceptors (Lipinski definition) is 4. The Morgan fingerprint density at radius 3 is 2.52 bits per heavy atom. The Hall–Kier alpha value is -1.87. The van der Waals surface area contributed by atoms with Crippen LogP contribution in [-0.4, -0.2) is 22.0 Å². The zero-order chi connectivity index (χ0) is 15.6. The Balaban J connectivity index is 2.18. The van der Waals surface area contributed by atoms with E-state index in [0.29, 0.717) is 0 Å². The van der Waals surface area contributed by atoms with Crippen molar-refractivity contribution in [3.63, 3.8) is 0 Å². The van der Waals surface area contributed by atoms with Gasteiger partial charge in [-0.3, -0.25) is 14.9 Å². The predicted octanol–water partition coefficient (Wildman–Crippen LogP) is 3.06. The van der Waals surface area contributed by atoms with E-state index in [1.807, 2.05) is 0 Å².